The van der Waals surface area contributed by atoms with Crippen molar-refractivity contribution >= 4 is 12.0 Å². The predicted molar refractivity (Wildman–Crippen MR) is 77.1 cm³/mol. The van der Waals surface area contributed by atoms with E-state index in [9.17, 15) is 4.79 Å². The molecule has 3 nitrogen and oxygen atoms in total. The summed E-state index contributed by atoms with van der Waals surface area (Å²) in [6, 6.07) is 7.71. The third-order valence-electron chi connectivity index (χ3n) is 3.43. The number of carbonyl (C=O) groups excluding carboxylic acids is 1. The first-order chi connectivity index (χ1) is 9.29. The highest BCUT2D eigenvalue weighted by Gasteiger charge is 2.12. The van der Waals surface area contributed by atoms with Crippen LogP contribution in [-0.2, 0) is 4.79 Å². The minimum Gasteiger partial charge on any atom is -0.497 e. The summed E-state index contributed by atoms with van der Waals surface area (Å²) >= 11 is 0. The zero-order valence-corrected chi connectivity index (χ0v) is 11.5. The van der Waals surface area contributed by atoms with Crippen LogP contribution in [0.4, 0.5) is 0 Å². The molecule has 1 aromatic rings. The van der Waals surface area contributed by atoms with Crippen LogP contribution in [0.3, 0.4) is 0 Å². The number of ether oxygens (including phenoxy) is 1. The van der Waals surface area contributed by atoms with Gasteiger partial charge in [0.05, 0.1) is 7.11 Å². The lowest BCUT2D eigenvalue weighted by Gasteiger charge is -2.17. The summed E-state index contributed by atoms with van der Waals surface area (Å²) in [5.41, 5.74) is 0.988. The summed E-state index contributed by atoms with van der Waals surface area (Å²) in [4.78, 5) is 14.0. The average molecular weight is 259 g/mol. The molecule has 1 saturated heterocycles. The van der Waals surface area contributed by atoms with Crippen LogP contribution in [0.1, 0.15) is 31.2 Å². The van der Waals surface area contributed by atoms with Gasteiger partial charge >= 0.3 is 0 Å². The van der Waals surface area contributed by atoms with Gasteiger partial charge in [0.15, 0.2) is 0 Å². The van der Waals surface area contributed by atoms with Crippen molar-refractivity contribution in [3.63, 3.8) is 0 Å². The second-order valence-electron chi connectivity index (χ2n) is 4.85. The summed E-state index contributed by atoms with van der Waals surface area (Å²) in [5.74, 6) is 0.925. The fraction of sp³-hybridized carbons (Fsp3) is 0.438. The maximum atomic E-state index is 12.1. The van der Waals surface area contributed by atoms with Crippen LogP contribution in [0.25, 0.3) is 6.08 Å². The van der Waals surface area contributed by atoms with E-state index in [1.165, 1.54) is 12.8 Å². The number of hydrogen-bond acceptors (Lipinski definition) is 2. The Kier molecular flexibility index (Phi) is 5.01. The molecule has 0 aliphatic carbocycles. The number of benzene rings is 1. The van der Waals surface area contributed by atoms with Gasteiger partial charge in [-0.2, -0.15) is 0 Å². The van der Waals surface area contributed by atoms with Crippen LogP contribution in [0, 0.1) is 0 Å². The van der Waals surface area contributed by atoms with Gasteiger partial charge in [0.2, 0.25) is 5.91 Å². The number of hydrogen-bond donors (Lipinski definition) is 0. The van der Waals surface area contributed by atoms with E-state index < -0.39 is 0 Å². The largest absolute Gasteiger partial charge is 0.497 e. The van der Waals surface area contributed by atoms with Crippen molar-refractivity contribution in [1.29, 1.82) is 0 Å². The zero-order chi connectivity index (χ0) is 13.5. The number of methoxy groups -OCH3 is 1. The molecule has 3 heteroatoms. The summed E-state index contributed by atoms with van der Waals surface area (Å²) in [5, 5.41) is 0. The molecule has 2 rings (SSSR count). The SMILES string of the molecule is COc1cccc(C=CC(=O)N2CCCCCC2)c1. The molecule has 1 fully saturated rings. The molecule has 102 valence electrons. The molecule has 0 atom stereocenters. The number of rotatable bonds is 3. The number of amides is 1. The molecule has 1 aromatic carbocycles. The minimum absolute atomic E-state index is 0.115. The van der Waals surface area contributed by atoms with E-state index in [0.29, 0.717) is 0 Å². The van der Waals surface area contributed by atoms with Gasteiger partial charge in [0, 0.05) is 19.2 Å². The van der Waals surface area contributed by atoms with E-state index in [1.54, 1.807) is 13.2 Å². The lowest BCUT2D eigenvalue weighted by Crippen LogP contribution is -2.30. The van der Waals surface area contributed by atoms with Crippen LogP contribution < -0.4 is 4.74 Å². The normalized spacial score (nSPS) is 16.4. The molecule has 0 saturated carbocycles. The zero-order valence-electron chi connectivity index (χ0n) is 11.5. The summed E-state index contributed by atoms with van der Waals surface area (Å²) < 4.78 is 5.17. The van der Waals surface area contributed by atoms with Crippen LogP contribution in [0.15, 0.2) is 30.3 Å². The molecule has 1 aliphatic heterocycles. The van der Waals surface area contributed by atoms with E-state index in [-0.39, 0.29) is 5.91 Å². The lowest BCUT2D eigenvalue weighted by molar-refractivity contribution is -0.125. The summed E-state index contributed by atoms with van der Waals surface area (Å²) in [6.07, 6.45) is 8.25. The third kappa shape index (κ3) is 4.12. The molecule has 0 unspecified atom stereocenters. The van der Waals surface area contributed by atoms with Crippen LogP contribution in [0.2, 0.25) is 0 Å². The number of nitrogens with zero attached hydrogens (tertiary/aromatic N) is 1. The Morgan fingerprint density at radius 1 is 1.21 bits per heavy atom. The quantitative estimate of drug-likeness (QED) is 0.781. The molecular weight excluding hydrogens is 238 g/mol. The highest BCUT2D eigenvalue weighted by molar-refractivity contribution is 5.91. The minimum atomic E-state index is 0.115. The van der Waals surface area contributed by atoms with E-state index in [0.717, 1.165) is 37.2 Å². The van der Waals surface area contributed by atoms with Gasteiger partial charge in [0.1, 0.15) is 5.75 Å². The van der Waals surface area contributed by atoms with Crippen molar-refractivity contribution in [2.45, 2.75) is 25.7 Å². The molecular formula is C16H21NO2. The molecule has 0 bridgehead atoms. The maximum Gasteiger partial charge on any atom is 0.246 e. The average Bonchev–Trinajstić information content (AvgIpc) is 2.74. The van der Waals surface area contributed by atoms with Gasteiger partial charge in [-0.25, -0.2) is 0 Å². The van der Waals surface area contributed by atoms with Gasteiger partial charge in [-0.15, -0.1) is 0 Å². The van der Waals surface area contributed by atoms with Crippen molar-refractivity contribution in [1.82, 2.24) is 4.90 Å². The van der Waals surface area contributed by atoms with E-state index in [1.807, 2.05) is 35.2 Å². The molecule has 0 spiro atoms. The van der Waals surface area contributed by atoms with E-state index >= 15 is 0 Å². The second-order valence-corrected chi connectivity index (χ2v) is 4.85. The van der Waals surface area contributed by atoms with Gasteiger partial charge in [-0.3, -0.25) is 4.79 Å². The van der Waals surface area contributed by atoms with Crippen molar-refractivity contribution in [3.8, 4) is 5.75 Å². The first-order valence-corrected chi connectivity index (χ1v) is 6.90. The third-order valence-corrected chi connectivity index (χ3v) is 3.43. The lowest BCUT2D eigenvalue weighted by atomic mass is 10.2. The van der Waals surface area contributed by atoms with E-state index in [4.69, 9.17) is 4.74 Å². The topological polar surface area (TPSA) is 29.5 Å². The predicted octanol–water partition coefficient (Wildman–Crippen LogP) is 3.11. The maximum absolute atomic E-state index is 12.1. The van der Waals surface area contributed by atoms with Crippen molar-refractivity contribution in [2.24, 2.45) is 0 Å². The molecule has 1 amide bonds. The van der Waals surface area contributed by atoms with Crippen LogP contribution in [-0.4, -0.2) is 31.0 Å². The smallest absolute Gasteiger partial charge is 0.246 e. The molecule has 0 N–H and O–H groups in total. The monoisotopic (exact) mass is 259 g/mol. The molecule has 19 heavy (non-hydrogen) atoms. The molecule has 1 heterocycles. The Morgan fingerprint density at radius 2 is 1.95 bits per heavy atom. The summed E-state index contributed by atoms with van der Waals surface area (Å²) in [7, 11) is 1.64. The van der Waals surface area contributed by atoms with Crippen LogP contribution in [0.5, 0.6) is 5.75 Å². The first kappa shape index (κ1) is 13.7. The Labute approximate surface area is 114 Å². The highest BCUT2D eigenvalue weighted by Crippen LogP contribution is 2.14. The van der Waals surface area contributed by atoms with Gasteiger partial charge < -0.3 is 9.64 Å². The highest BCUT2D eigenvalue weighted by atomic mass is 16.5. The molecule has 0 aromatic heterocycles. The Morgan fingerprint density at radius 3 is 2.63 bits per heavy atom. The Hall–Kier alpha value is -1.77. The van der Waals surface area contributed by atoms with Gasteiger partial charge in [0.25, 0.3) is 0 Å². The summed E-state index contributed by atoms with van der Waals surface area (Å²) in [6.45, 7) is 1.78. The Balaban J connectivity index is 1.98. The number of carbonyl (C=O) groups is 1. The molecule has 0 radical (unpaired) electrons. The fourth-order valence-corrected chi connectivity index (χ4v) is 2.31. The van der Waals surface area contributed by atoms with Crippen molar-refractivity contribution < 1.29 is 9.53 Å². The van der Waals surface area contributed by atoms with Gasteiger partial charge in [-0.05, 0) is 36.6 Å². The fourth-order valence-electron chi connectivity index (χ4n) is 2.31. The van der Waals surface area contributed by atoms with E-state index in [2.05, 4.69) is 0 Å². The standard InChI is InChI=1S/C16H21NO2/c1-19-15-8-6-7-14(13-15)9-10-16(18)17-11-4-2-3-5-12-17/h6-10,13H,2-5,11-12H2,1H3. The second kappa shape index (κ2) is 6.98. The Bertz CT molecular complexity index is 446. The van der Waals surface area contributed by atoms with Crippen molar-refractivity contribution in [2.75, 3.05) is 20.2 Å². The number of likely N-dealkylation sites (tertiary alicyclic amines) is 1. The molecule has 1 aliphatic rings. The van der Waals surface area contributed by atoms with Crippen molar-refractivity contribution in [3.05, 3.63) is 35.9 Å². The first-order valence-electron chi connectivity index (χ1n) is 6.90. The van der Waals surface area contributed by atoms with Crippen LogP contribution >= 0.6 is 0 Å². The van der Waals surface area contributed by atoms with Gasteiger partial charge in [-0.1, -0.05) is 25.0 Å².